The molecule has 0 bridgehead atoms. The molecule has 0 aromatic heterocycles. The Labute approximate surface area is 138 Å². The Morgan fingerprint density at radius 2 is 1.95 bits per heavy atom. The van der Waals surface area contributed by atoms with Crippen LogP contribution in [0.1, 0.15) is 25.3 Å². The van der Waals surface area contributed by atoms with Crippen molar-refractivity contribution in [1.29, 1.82) is 0 Å². The van der Waals surface area contributed by atoms with Crippen LogP contribution >= 0.6 is 11.8 Å². The van der Waals surface area contributed by atoms with E-state index in [4.69, 9.17) is 9.57 Å². The van der Waals surface area contributed by atoms with E-state index in [1.54, 1.807) is 23.9 Å². The second-order valence-corrected chi connectivity index (χ2v) is 7.67. The molecule has 1 aromatic carbocycles. The minimum Gasteiger partial charge on any atom is -0.354 e. The van der Waals surface area contributed by atoms with Crippen LogP contribution in [-0.2, 0) is 25.4 Å². The highest BCUT2D eigenvalue weighted by Gasteiger charge is 2.26. The van der Waals surface area contributed by atoms with Crippen molar-refractivity contribution in [3.63, 3.8) is 0 Å². The van der Waals surface area contributed by atoms with Crippen LogP contribution in [0.2, 0.25) is 0 Å². The Bertz CT molecular complexity index is 508. The maximum absolute atomic E-state index is 12.6. The molecule has 0 heterocycles. The topological polar surface area (TPSA) is 55.8 Å². The van der Waals surface area contributed by atoms with Crippen molar-refractivity contribution in [3.8, 4) is 0 Å². The third-order valence-electron chi connectivity index (χ3n) is 3.00. The summed E-state index contributed by atoms with van der Waals surface area (Å²) in [5, 5.41) is 0. The van der Waals surface area contributed by atoms with E-state index >= 15 is 0 Å². The van der Waals surface area contributed by atoms with E-state index < -0.39 is 16.3 Å². The zero-order valence-electron chi connectivity index (χ0n) is 13.4. The molecule has 0 spiro atoms. The van der Waals surface area contributed by atoms with Crippen LogP contribution < -0.4 is 0 Å². The molecule has 1 unspecified atom stereocenters. The molecule has 1 atom stereocenters. The molecular formula is C15H25NO4S2. The van der Waals surface area contributed by atoms with Gasteiger partial charge in [0.25, 0.3) is 0 Å². The maximum atomic E-state index is 12.6. The van der Waals surface area contributed by atoms with E-state index in [1.807, 2.05) is 31.4 Å². The first-order valence-corrected chi connectivity index (χ1v) is 10.3. The van der Waals surface area contributed by atoms with Crippen molar-refractivity contribution < 1.29 is 18.0 Å². The highest BCUT2D eigenvalue weighted by atomic mass is 32.2. The van der Waals surface area contributed by atoms with E-state index in [0.29, 0.717) is 18.7 Å². The summed E-state index contributed by atoms with van der Waals surface area (Å²) in [5.41, 5.74) is 0.740. The zero-order chi connectivity index (χ0) is 16.4. The van der Waals surface area contributed by atoms with Gasteiger partial charge in [0.15, 0.2) is 6.29 Å². The summed E-state index contributed by atoms with van der Waals surface area (Å²) in [6, 6.07) is 9.11. The van der Waals surface area contributed by atoms with Crippen molar-refractivity contribution in [3.05, 3.63) is 35.9 Å². The maximum Gasteiger partial charge on any atom is 0.240 e. The molecule has 126 valence electrons. The van der Waals surface area contributed by atoms with Crippen LogP contribution in [0.4, 0.5) is 0 Å². The van der Waals surface area contributed by atoms with Crippen LogP contribution in [0, 0.1) is 0 Å². The quantitative estimate of drug-likeness (QED) is 0.455. The van der Waals surface area contributed by atoms with Crippen molar-refractivity contribution >= 4 is 21.8 Å². The zero-order valence-corrected chi connectivity index (χ0v) is 15.0. The molecule has 0 saturated carbocycles. The second-order valence-electron chi connectivity index (χ2n) is 4.82. The number of methoxy groups -OCH3 is 1. The van der Waals surface area contributed by atoms with E-state index in [9.17, 15) is 8.42 Å². The number of ether oxygens (including phenoxy) is 1. The van der Waals surface area contributed by atoms with Gasteiger partial charge in [-0.2, -0.15) is 11.8 Å². The number of hydroxylamine groups is 1. The first kappa shape index (κ1) is 19.4. The molecule has 0 amide bonds. The SMILES string of the molecule is CCCC(OC)ON(CCSC)S(=O)(=O)Cc1ccccc1. The van der Waals surface area contributed by atoms with Gasteiger partial charge in [0.05, 0.1) is 5.75 Å². The molecule has 0 aliphatic carbocycles. The minimum atomic E-state index is -3.55. The lowest BCUT2D eigenvalue weighted by molar-refractivity contribution is -0.230. The number of nitrogens with zero attached hydrogens (tertiary/aromatic N) is 1. The van der Waals surface area contributed by atoms with Crippen molar-refractivity contribution in [2.24, 2.45) is 0 Å². The predicted molar refractivity (Wildman–Crippen MR) is 90.9 cm³/mol. The summed E-state index contributed by atoms with van der Waals surface area (Å²) in [6.07, 6.45) is 2.89. The molecule has 5 nitrogen and oxygen atoms in total. The van der Waals surface area contributed by atoms with Gasteiger partial charge in [-0.25, -0.2) is 8.42 Å². The standard InChI is InChI=1S/C15H25NO4S2/c1-4-8-15(19-2)20-16(11-12-21-3)22(17,18)13-14-9-6-5-7-10-14/h5-7,9-10,15H,4,8,11-13H2,1-3H3. The molecule has 0 radical (unpaired) electrons. The number of sulfonamides is 1. The third kappa shape index (κ3) is 6.66. The first-order valence-electron chi connectivity index (χ1n) is 7.26. The molecule has 0 aliphatic rings. The molecule has 7 heteroatoms. The van der Waals surface area contributed by atoms with E-state index in [1.165, 1.54) is 7.11 Å². The average Bonchev–Trinajstić information content (AvgIpc) is 2.50. The highest BCUT2D eigenvalue weighted by Crippen LogP contribution is 2.15. The predicted octanol–water partition coefficient (Wildman–Crippen LogP) is 2.89. The van der Waals surface area contributed by atoms with E-state index in [-0.39, 0.29) is 5.75 Å². The molecule has 0 saturated heterocycles. The number of rotatable bonds is 11. The summed E-state index contributed by atoms with van der Waals surface area (Å²) in [5.74, 6) is 0.585. The fourth-order valence-electron chi connectivity index (χ4n) is 1.86. The number of hydrogen-bond donors (Lipinski definition) is 0. The Balaban J connectivity index is 2.83. The Morgan fingerprint density at radius 1 is 1.27 bits per heavy atom. The van der Waals surface area contributed by atoms with Gasteiger partial charge in [-0.3, -0.25) is 4.84 Å². The van der Waals surface area contributed by atoms with Gasteiger partial charge in [0, 0.05) is 19.4 Å². The number of hydrogen-bond acceptors (Lipinski definition) is 5. The summed E-state index contributed by atoms with van der Waals surface area (Å²) in [6.45, 7) is 2.31. The van der Waals surface area contributed by atoms with E-state index in [0.717, 1.165) is 16.5 Å². The Hall–Kier alpha value is -0.600. The molecule has 0 fully saturated rings. The Morgan fingerprint density at radius 3 is 2.50 bits per heavy atom. The lowest BCUT2D eigenvalue weighted by Crippen LogP contribution is -2.38. The second kappa shape index (κ2) is 10.2. The minimum absolute atomic E-state index is 0.0786. The van der Waals surface area contributed by atoms with Crippen LogP contribution in [0.3, 0.4) is 0 Å². The van der Waals surface area contributed by atoms with Gasteiger partial charge in [0.1, 0.15) is 0 Å². The number of benzene rings is 1. The van der Waals surface area contributed by atoms with Gasteiger partial charge >= 0.3 is 0 Å². The summed E-state index contributed by atoms with van der Waals surface area (Å²) in [7, 11) is -2.03. The summed E-state index contributed by atoms with van der Waals surface area (Å²) < 4.78 is 31.5. The summed E-state index contributed by atoms with van der Waals surface area (Å²) in [4.78, 5) is 5.59. The van der Waals surface area contributed by atoms with Crippen LogP contribution in [0.25, 0.3) is 0 Å². The van der Waals surface area contributed by atoms with Crippen molar-refractivity contribution in [2.75, 3.05) is 25.7 Å². The molecule has 0 aliphatic heterocycles. The fourth-order valence-corrected chi connectivity index (χ4v) is 3.68. The monoisotopic (exact) mass is 347 g/mol. The number of thioether (sulfide) groups is 1. The van der Waals surface area contributed by atoms with Crippen LogP contribution in [0.5, 0.6) is 0 Å². The average molecular weight is 348 g/mol. The van der Waals surface area contributed by atoms with Gasteiger partial charge in [-0.15, -0.1) is 0 Å². The van der Waals surface area contributed by atoms with Gasteiger partial charge in [-0.1, -0.05) is 48.1 Å². The lowest BCUT2D eigenvalue weighted by atomic mass is 10.2. The normalized spacial score (nSPS) is 13.5. The van der Waals surface area contributed by atoms with E-state index in [2.05, 4.69) is 0 Å². The molecule has 1 rings (SSSR count). The van der Waals surface area contributed by atoms with Gasteiger partial charge in [-0.05, 0) is 18.2 Å². The largest absolute Gasteiger partial charge is 0.354 e. The third-order valence-corrected chi connectivity index (χ3v) is 5.18. The highest BCUT2D eigenvalue weighted by molar-refractivity contribution is 7.98. The molecule has 22 heavy (non-hydrogen) atoms. The fraction of sp³-hybridized carbons (Fsp3) is 0.600. The Kier molecular flexibility index (Phi) is 9.04. The van der Waals surface area contributed by atoms with Crippen LogP contribution in [0.15, 0.2) is 30.3 Å². The smallest absolute Gasteiger partial charge is 0.240 e. The lowest BCUT2D eigenvalue weighted by Gasteiger charge is -2.25. The molecule has 0 N–H and O–H groups in total. The van der Waals surface area contributed by atoms with Crippen molar-refractivity contribution in [1.82, 2.24) is 4.47 Å². The summed E-state index contributed by atoms with van der Waals surface area (Å²) >= 11 is 1.57. The first-order chi connectivity index (χ1) is 10.5. The van der Waals surface area contributed by atoms with Gasteiger partial charge in [0.2, 0.25) is 10.0 Å². The van der Waals surface area contributed by atoms with Crippen molar-refractivity contribution in [2.45, 2.75) is 31.8 Å². The molecule has 1 aromatic rings. The van der Waals surface area contributed by atoms with Gasteiger partial charge < -0.3 is 4.74 Å². The van der Waals surface area contributed by atoms with Crippen LogP contribution in [-0.4, -0.2) is 44.8 Å². The molecular weight excluding hydrogens is 322 g/mol.